The summed E-state index contributed by atoms with van der Waals surface area (Å²) >= 11 is 1.43. The molecule has 2 aromatic rings. The van der Waals surface area contributed by atoms with Crippen molar-refractivity contribution in [2.75, 3.05) is 4.72 Å². The van der Waals surface area contributed by atoms with Crippen LogP contribution in [0.3, 0.4) is 0 Å². The lowest BCUT2D eigenvalue weighted by Gasteiger charge is -2.08. The zero-order valence-electron chi connectivity index (χ0n) is 8.91. The van der Waals surface area contributed by atoms with Crippen molar-refractivity contribution in [2.45, 2.75) is 12.2 Å². The van der Waals surface area contributed by atoms with Gasteiger partial charge in [0.05, 0.1) is 27.5 Å². The van der Waals surface area contributed by atoms with Crippen LogP contribution in [0, 0.1) is 11.3 Å². The maximum absolute atomic E-state index is 11.7. The van der Waals surface area contributed by atoms with E-state index < -0.39 is 15.3 Å². The highest BCUT2D eigenvalue weighted by atomic mass is 32.2. The van der Waals surface area contributed by atoms with Gasteiger partial charge in [-0.3, -0.25) is 4.72 Å². The van der Waals surface area contributed by atoms with Gasteiger partial charge in [0.15, 0.2) is 5.25 Å². The molecule has 0 aliphatic rings. The third kappa shape index (κ3) is 2.38. The van der Waals surface area contributed by atoms with E-state index in [0.717, 1.165) is 10.2 Å². The molecule has 0 aliphatic heterocycles. The van der Waals surface area contributed by atoms with Crippen molar-refractivity contribution in [1.82, 2.24) is 4.98 Å². The van der Waals surface area contributed by atoms with Gasteiger partial charge in [0, 0.05) is 0 Å². The van der Waals surface area contributed by atoms with Gasteiger partial charge in [-0.05, 0) is 25.1 Å². The largest absolute Gasteiger partial charge is 0.282 e. The predicted molar refractivity (Wildman–Crippen MR) is 67.2 cm³/mol. The molecule has 0 saturated carbocycles. The minimum Gasteiger partial charge on any atom is -0.282 e. The summed E-state index contributed by atoms with van der Waals surface area (Å²) in [5.74, 6) is 0. The molecule has 1 heterocycles. The maximum atomic E-state index is 11.7. The van der Waals surface area contributed by atoms with Gasteiger partial charge in [-0.1, -0.05) is 0 Å². The molecule has 17 heavy (non-hydrogen) atoms. The lowest BCUT2D eigenvalue weighted by Crippen LogP contribution is -2.23. The van der Waals surface area contributed by atoms with Gasteiger partial charge in [0.2, 0.25) is 10.0 Å². The molecule has 0 amide bonds. The third-order valence-corrected chi connectivity index (χ3v) is 4.59. The number of hydrogen-bond acceptors (Lipinski definition) is 5. The average Bonchev–Trinajstić information content (AvgIpc) is 2.74. The number of hydrogen-bond donors (Lipinski definition) is 1. The van der Waals surface area contributed by atoms with Crippen LogP contribution >= 0.6 is 11.3 Å². The molecule has 0 bridgehead atoms. The summed E-state index contributed by atoms with van der Waals surface area (Å²) in [6.45, 7) is 1.34. The second-order valence-electron chi connectivity index (χ2n) is 3.45. The van der Waals surface area contributed by atoms with Gasteiger partial charge in [-0.25, -0.2) is 13.4 Å². The predicted octanol–water partition coefficient (Wildman–Crippen LogP) is 1.95. The van der Waals surface area contributed by atoms with Crippen LogP contribution in [-0.2, 0) is 10.0 Å². The van der Waals surface area contributed by atoms with Crippen LogP contribution in [0.5, 0.6) is 0 Å². The van der Waals surface area contributed by atoms with Crippen LogP contribution in [0.4, 0.5) is 5.69 Å². The number of fused-ring (bicyclic) bond motifs is 1. The molecule has 0 aliphatic carbocycles. The molecule has 0 spiro atoms. The fourth-order valence-electron chi connectivity index (χ4n) is 1.24. The zero-order chi connectivity index (χ0) is 12.5. The van der Waals surface area contributed by atoms with Crippen molar-refractivity contribution < 1.29 is 8.42 Å². The Bertz CT molecular complexity index is 685. The fraction of sp³-hybridized carbons (Fsp3) is 0.200. The van der Waals surface area contributed by atoms with Crippen molar-refractivity contribution in [2.24, 2.45) is 0 Å². The molecule has 1 aromatic carbocycles. The van der Waals surface area contributed by atoms with E-state index in [1.807, 2.05) is 0 Å². The van der Waals surface area contributed by atoms with E-state index in [0.29, 0.717) is 5.69 Å². The minimum absolute atomic E-state index is 0.448. The van der Waals surface area contributed by atoms with E-state index in [4.69, 9.17) is 5.26 Å². The summed E-state index contributed by atoms with van der Waals surface area (Å²) in [6.07, 6.45) is 0. The Morgan fingerprint density at radius 2 is 2.29 bits per heavy atom. The zero-order valence-corrected chi connectivity index (χ0v) is 10.5. The van der Waals surface area contributed by atoms with Gasteiger partial charge in [-0.15, -0.1) is 11.3 Å². The summed E-state index contributed by atoms with van der Waals surface area (Å²) < 4.78 is 26.6. The first-order valence-electron chi connectivity index (χ1n) is 4.77. The molecule has 88 valence electrons. The van der Waals surface area contributed by atoms with E-state index in [-0.39, 0.29) is 0 Å². The summed E-state index contributed by atoms with van der Waals surface area (Å²) in [5.41, 5.74) is 2.97. The Hall–Kier alpha value is -1.65. The normalized spacial score (nSPS) is 13.2. The van der Waals surface area contributed by atoms with E-state index in [1.165, 1.54) is 18.3 Å². The third-order valence-electron chi connectivity index (χ3n) is 2.24. The van der Waals surface area contributed by atoms with E-state index >= 15 is 0 Å². The SMILES string of the molecule is CC(C#N)S(=O)(=O)Nc1ccc2ncsc2c1. The van der Waals surface area contributed by atoms with E-state index in [2.05, 4.69) is 9.71 Å². The first-order chi connectivity index (χ1) is 8.03. The average molecular weight is 267 g/mol. The van der Waals surface area contributed by atoms with Crippen molar-refractivity contribution in [3.8, 4) is 6.07 Å². The second kappa shape index (κ2) is 4.31. The van der Waals surface area contributed by atoms with E-state index in [1.54, 1.807) is 29.8 Å². The van der Waals surface area contributed by atoms with Crippen LogP contribution in [-0.4, -0.2) is 18.7 Å². The van der Waals surface area contributed by atoms with Gasteiger partial charge in [0.25, 0.3) is 0 Å². The molecule has 7 heteroatoms. The van der Waals surface area contributed by atoms with Crippen molar-refractivity contribution in [1.29, 1.82) is 5.26 Å². The quantitative estimate of drug-likeness (QED) is 0.921. The number of nitrogens with one attached hydrogen (secondary N) is 1. The lowest BCUT2D eigenvalue weighted by atomic mass is 10.3. The van der Waals surface area contributed by atoms with Gasteiger partial charge >= 0.3 is 0 Å². The summed E-state index contributed by atoms with van der Waals surface area (Å²) in [4.78, 5) is 4.10. The number of rotatable bonds is 3. The highest BCUT2D eigenvalue weighted by molar-refractivity contribution is 7.93. The maximum Gasteiger partial charge on any atom is 0.248 e. The Labute approximate surface area is 103 Å². The van der Waals surface area contributed by atoms with Crippen molar-refractivity contribution in [3.63, 3.8) is 0 Å². The number of sulfonamides is 1. The highest BCUT2D eigenvalue weighted by Gasteiger charge is 2.19. The van der Waals surface area contributed by atoms with Crippen LogP contribution in [0.25, 0.3) is 10.2 Å². The second-order valence-corrected chi connectivity index (χ2v) is 6.34. The molecule has 5 nitrogen and oxygen atoms in total. The smallest absolute Gasteiger partial charge is 0.248 e. The molecular formula is C10H9N3O2S2. The Morgan fingerprint density at radius 1 is 1.53 bits per heavy atom. The van der Waals surface area contributed by atoms with Crippen molar-refractivity contribution >= 4 is 37.3 Å². The molecular weight excluding hydrogens is 258 g/mol. The van der Waals surface area contributed by atoms with Gasteiger partial charge in [-0.2, -0.15) is 5.26 Å². The molecule has 0 saturated heterocycles. The highest BCUT2D eigenvalue weighted by Crippen LogP contribution is 2.22. The number of anilines is 1. The molecule has 1 N–H and O–H groups in total. The molecule has 1 aromatic heterocycles. The Morgan fingerprint density at radius 3 is 3.00 bits per heavy atom. The number of nitriles is 1. The number of benzene rings is 1. The number of nitrogens with zero attached hydrogens (tertiary/aromatic N) is 2. The van der Waals surface area contributed by atoms with Crippen LogP contribution in [0.1, 0.15) is 6.92 Å². The Kier molecular flexibility index (Phi) is 3.00. The summed E-state index contributed by atoms with van der Waals surface area (Å²) in [6, 6.07) is 6.77. The van der Waals surface area contributed by atoms with Crippen LogP contribution < -0.4 is 4.72 Å². The fourth-order valence-corrected chi connectivity index (χ4v) is 2.73. The molecule has 1 unspecified atom stereocenters. The molecule has 0 fully saturated rings. The monoisotopic (exact) mass is 267 g/mol. The van der Waals surface area contributed by atoms with Gasteiger partial charge < -0.3 is 0 Å². The number of aromatic nitrogens is 1. The van der Waals surface area contributed by atoms with Gasteiger partial charge in [0.1, 0.15) is 0 Å². The van der Waals surface area contributed by atoms with Crippen molar-refractivity contribution in [3.05, 3.63) is 23.7 Å². The van der Waals surface area contributed by atoms with E-state index in [9.17, 15) is 8.42 Å². The lowest BCUT2D eigenvalue weighted by molar-refractivity contribution is 0.597. The molecule has 2 rings (SSSR count). The summed E-state index contributed by atoms with van der Waals surface area (Å²) in [7, 11) is -3.64. The molecule has 0 radical (unpaired) electrons. The minimum atomic E-state index is -3.64. The standard InChI is InChI=1S/C10H9N3O2S2/c1-7(5-11)17(14,15)13-8-2-3-9-10(4-8)16-6-12-9/h2-4,6-7,13H,1H3. The topological polar surface area (TPSA) is 82.8 Å². The first-order valence-corrected chi connectivity index (χ1v) is 7.20. The Balaban J connectivity index is 2.33. The van der Waals surface area contributed by atoms with Crippen LogP contribution in [0.2, 0.25) is 0 Å². The summed E-state index contributed by atoms with van der Waals surface area (Å²) in [5, 5.41) is 7.53. The van der Waals surface area contributed by atoms with Crippen LogP contribution in [0.15, 0.2) is 23.7 Å². The first kappa shape index (κ1) is 11.8. The molecule has 1 atom stereocenters. The number of thiazole rings is 1.